The van der Waals surface area contributed by atoms with Gasteiger partial charge in [-0.25, -0.2) is 4.68 Å². The van der Waals surface area contributed by atoms with E-state index < -0.39 is 17.6 Å². The van der Waals surface area contributed by atoms with Crippen LogP contribution in [-0.4, -0.2) is 40.0 Å². The number of carbonyl (C=O) groups excluding carboxylic acids is 1. The van der Waals surface area contributed by atoms with Crippen LogP contribution in [0.3, 0.4) is 0 Å². The third-order valence-electron chi connectivity index (χ3n) is 5.93. The van der Waals surface area contributed by atoms with Gasteiger partial charge >= 0.3 is 6.18 Å². The Hall–Kier alpha value is -4.18. The molecule has 1 fully saturated rings. The van der Waals surface area contributed by atoms with Gasteiger partial charge in [0, 0.05) is 35.4 Å². The Morgan fingerprint density at radius 2 is 2.00 bits per heavy atom. The smallest absolute Gasteiger partial charge is 0.416 e. The normalized spacial score (nSPS) is 13.7. The van der Waals surface area contributed by atoms with E-state index >= 15 is 0 Å². The largest absolute Gasteiger partial charge is 0.485 e. The number of nitrogens with zero attached hydrogens (tertiary/aromatic N) is 3. The van der Waals surface area contributed by atoms with Crippen LogP contribution in [0.2, 0.25) is 0 Å². The number of ether oxygens (including phenoxy) is 2. The summed E-state index contributed by atoms with van der Waals surface area (Å²) in [5.74, 6) is 0.266. The average molecular weight is 509 g/mol. The van der Waals surface area contributed by atoms with Gasteiger partial charge in [-0.05, 0) is 42.3 Å². The zero-order valence-corrected chi connectivity index (χ0v) is 19.8. The van der Waals surface area contributed by atoms with Crippen molar-refractivity contribution >= 4 is 11.6 Å². The third-order valence-corrected chi connectivity index (χ3v) is 5.93. The number of alkyl halides is 3. The lowest BCUT2D eigenvalue weighted by atomic mass is 10.1. The molecule has 2 aromatic carbocycles. The van der Waals surface area contributed by atoms with E-state index in [0.29, 0.717) is 24.7 Å². The van der Waals surface area contributed by atoms with Crippen molar-refractivity contribution in [2.24, 2.45) is 0 Å². The van der Waals surface area contributed by atoms with Crippen molar-refractivity contribution in [3.63, 3.8) is 0 Å². The molecule has 0 saturated carbocycles. The van der Waals surface area contributed by atoms with Crippen LogP contribution in [0.4, 0.5) is 18.9 Å². The molecule has 1 amide bonds. The van der Waals surface area contributed by atoms with Gasteiger partial charge in [0.1, 0.15) is 11.9 Å². The van der Waals surface area contributed by atoms with E-state index in [0.717, 1.165) is 34.5 Å². The van der Waals surface area contributed by atoms with Gasteiger partial charge in [-0.3, -0.25) is 9.78 Å². The van der Waals surface area contributed by atoms with Gasteiger partial charge in [0.2, 0.25) is 5.91 Å². The molecule has 5 rings (SSSR count). The highest BCUT2D eigenvalue weighted by Crippen LogP contribution is 2.32. The van der Waals surface area contributed by atoms with Gasteiger partial charge in [0.15, 0.2) is 0 Å². The highest BCUT2D eigenvalue weighted by Gasteiger charge is 2.30. The monoisotopic (exact) mass is 508 g/mol. The number of rotatable bonds is 7. The highest BCUT2D eigenvalue weighted by atomic mass is 19.4. The number of aryl methyl sites for hydroxylation is 1. The Bertz CT molecular complexity index is 1430. The van der Waals surface area contributed by atoms with Crippen LogP contribution in [0.1, 0.15) is 16.7 Å². The highest BCUT2D eigenvalue weighted by molar-refractivity contribution is 5.92. The first-order chi connectivity index (χ1) is 17.8. The van der Waals surface area contributed by atoms with Crippen molar-refractivity contribution in [2.75, 3.05) is 18.5 Å². The van der Waals surface area contributed by atoms with Gasteiger partial charge in [-0.1, -0.05) is 24.3 Å². The molecule has 2 aromatic heterocycles. The van der Waals surface area contributed by atoms with E-state index in [1.165, 1.54) is 12.1 Å². The zero-order chi connectivity index (χ0) is 26.0. The fraction of sp³-hybridized carbons (Fsp3) is 0.222. The minimum atomic E-state index is -4.46. The Morgan fingerprint density at radius 1 is 1.16 bits per heavy atom. The lowest BCUT2D eigenvalue weighted by molar-refractivity contribution is -0.137. The van der Waals surface area contributed by atoms with Gasteiger partial charge < -0.3 is 14.8 Å². The third kappa shape index (κ3) is 5.64. The van der Waals surface area contributed by atoms with Gasteiger partial charge in [0.05, 0.1) is 37.1 Å². The number of benzene rings is 2. The molecular formula is C27H23F3N4O3. The second kappa shape index (κ2) is 10.1. The molecule has 1 aliphatic rings. The van der Waals surface area contributed by atoms with Crippen LogP contribution < -0.4 is 10.1 Å². The van der Waals surface area contributed by atoms with Crippen molar-refractivity contribution in [1.82, 2.24) is 14.8 Å². The quantitative estimate of drug-likeness (QED) is 0.370. The van der Waals surface area contributed by atoms with Crippen LogP contribution in [-0.2, 0) is 22.1 Å². The predicted molar refractivity (Wildman–Crippen MR) is 131 cm³/mol. The molecule has 37 heavy (non-hydrogen) atoms. The summed E-state index contributed by atoms with van der Waals surface area (Å²) in [5, 5.41) is 7.25. The zero-order valence-electron chi connectivity index (χ0n) is 19.8. The maximum Gasteiger partial charge on any atom is 0.416 e. The number of nitrogens with one attached hydrogen (secondary N) is 1. The van der Waals surface area contributed by atoms with Gasteiger partial charge in [-0.15, -0.1) is 0 Å². The maximum absolute atomic E-state index is 13.0. The fourth-order valence-electron chi connectivity index (χ4n) is 3.94. The van der Waals surface area contributed by atoms with Gasteiger partial charge in [0.25, 0.3) is 0 Å². The molecule has 0 aliphatic carbocycles. The number of pyridine rings is 1. The second-order valence-corrected chi connectivity index (χ2v) is 8.75. The van der Waals surface area contributed by atoms with Crippen molar-refractivity contribution in [2.45, 2.75) is 25.6 Å². The number of carbonyl (C=O) groups is 1. The maximum atomic E-state index is 13.0. The van der Waals surface area contributed by atoms with Crippen LogP contribution in [0, 0.1) is 6.92 Å². The molecule has 7 nitrogen and oxygen atoms in total. The van der Waals surface area contributed by atoms with E-state index in [2.05, 4.69) is 15.4 Å². The number of anilines is 1. The summed E-state index contributed by atoms with van der Waals surface area (Å²) < 4.78 is 51.8. The van der Waals surface area contributed by atoms with E-state index in [1.54, 1.807) is 41.5 Å². The number of amides is 1. The lowest BCUT2D eigenvalue weighted by Gasteiger charge is -2.27. The topological polar surface area (TPSA) is 78.3 Å². The first kappa shape index (κ1) is 24.5. The predicted octanol–water partition coefficient (Wildman–Crippen LogP) is 5.22. The van der Waals surface area contributed by atoms with Gasteiger partial charge in [-0.2, -0.15) is 18.3 Å². The average Bonchev–Trinajstić information content (AvgIpc) is 3.32. The van der Waals surface area contributed by atoms with E-state index in [4.69, 9.17) is 9.47 Å². The summed E-state index contributed by atoms with van der Waals surface area (Å²) >= 11 is 0. The van der Waals surface area contributed by atoms with Crippen molar-refractivity contribution < 1.29 is 27.4 Å². The van der Waals surface area contributed by atoms with E-state index in [-0.39, 0.29) is 18.1 Å². The summed E-state index contributed by atoms with van der Waals surface area (Å²) in [6.45, 7) is 3.01. The number of hydrogen-bond acceptors (Lipinski definition) is 5. The number of aromatic nitrogens is 3. The molecule has 3 heterocycles. The molecule has 0 unspecified atom stereocenters. The van der Waals surface area contributed by atoms with Crippen molar-refractivity contribution in [3.8, 4) is 22.6 Å². The molecule has 0 spiro atoms. The molecule has 0 atom stereocenters. The summed E-state index contributed by atoms with van der Waals surface area (Å²) in [6.07, 6.45) is 2.29. The minimum absolute atomic E-state index is 0.00895. The fourth-order valence-corrected chi connectivity index (χ4v) is 3.94. The molecule has 1 saturated heterocycles. The van der Waals surface area contributed by atoms with E-state index in [9.17, 15) is 18.0 Å². The molecular weight excluding hydrogens is 485 g/mol. The molecule has 10 heteroatoms. The summed E-state index contributed by atoms with van der Waals surface area (Å²) in [4.78, 5) is 16.8. The lowest BCUT2D eigenvalue weighted by Crippen LogP contribution is -2.38. The number of halogens is 3. The Kier molecular flexibility index (Phi) is 6.66. The minimum Gasteiger partial charge on any atom is -0.485 e. The summed E-state index contributed by atoms with van der Waals surface area (Å²) in [6, 6.07) is 11.9. The van der Waals surface area contributed by atoms with Crippen LogP contribution in [0.25, 0.3) is 16.8 Å². The Labute approximate surface area is 210 Å². The SMILES string of the molecule is Cc1ccc(NC(=O)Cc2cccc(C(F)(F)F)c2)cc1-n1cc(-c2cnccc2OC2COC2)cn1. The first-order valence-corrected chi connectivity index (χ1v) is 11.6. The van der Waals surface area contributed by atoms with Crippen molar-refractivity contribution in [1.29, 1.82) is 0 Å². The molecule has 1 aliphatic heterocycles. The van der Waals surface area contributed by atoms with Crippen LogP contribution >= 0.6 is 0 Å². The Morgan fingerprint density at radius 3 is 2.76 bits per heavy atom. The molecule has 1 N–H and O–H groups in total. The van der Waals surface area contributed by atoms with E-state index in [1.807, 2.05) is 19.2 Å². The second-order valence-electron chi connectivity index (χ2n) is 8.75. The Balaban J connectivity index is 1.33. The molecule has 0 radical (unpaired) electrons. The van der Waals surface area contributed by atoms with Crippen LogP contribution in [0.5, 0.6) is 5.75 Å². The molecule has 190 valence electrons. The van der Waals surface area contributed by atoms with Crippen LogP contribution in [0.15, 0.2) is 73.3 Å². The molecule has 0 bridgehead atoms. The van der Waals surface area contributed by atoms with Crippen molar-refractivity contribution in [3.05, 3.63) is 90.0 Å². The first-order valence-electron chi connectivity index (χ1n) is 11.6. The number of hydrogen-bond donors (Lipinski definition) is 1. The standard InChI is InChI=1S/C27H23F3N4O3/c1-17-5-6-21(33-26(35)10-18-3-2-4-20(9-18)27(28,29)30)11-24(17)34-14-19(12-32-34)23-13-31-8-7-25(23)37-22-15-36-16-22/h2-9,11-14,22H,10,15-16H2,1H3,(H,33,35). The molecule has 4 aromatic rings. The summed E-state index contributed by atoms with van der Waals surface area (Å²) in [5.41, 5.74) is 3.25. The summed E-state index contributed by atoms with van der Waals surface area (Å²) in [7, 11) is 0.